The van der Waals surface area contributed by atoms with Crippen molar-refractivity contribution in [3.63, 3.8) is 0 Å². The number of imide groups is 2. The summed E-state index contributed by atoms with van der Waals surface area (Å²) >= 11 is 3.30. The molecule has 21 heavy (non-hydrogen) atoms. The zero-order valence-corrected chi connectivity index (χ0v) is 12.5. The van der Waals surface area contributed by atoms with Crippen LogP contribution in [0.5, 0.6) is 0 Å². The maximum atomic E-state index is 12.5. The van der Waals surface area contributed by atoms with Crippen LogP contribution in [0.3, 0.4) is 0 Å². The molecule has 0 spiro atoms. The standard InChI is InChI=1S/C14H11BrN2O4/c15-8-1-2-9-7(5-8)6-12(19)17(14(9)21)10-3-4-11(18)16-13(10)20/h1-2,5,10H,3-4,6H2,(H,16,18,20). The van der Waals surface area contributed by atoms with Gasteiger partial charge in [0.1, 0.15) is 6.04 Å². The van der Waals surface area contributed by atoms with Gasteiger partial charge in [0.2, 0.25) is 17.7 Å². The van der Waals surface area contributed by atoms with E-state index in [1.165, 1.54) is 0 Å². The number of hydrogen-bond acceptors (Lipinski definition) is 4. The first-order valence-corrected chi connectivity index (χ1v) is 7.25. The van der Waals surface area contributed by atoms with Crippen molar-refractivity contribution in [1.29, 1.82) is 0 Å². The second-order valence-electron chi connectivity index (χ2n) is 5.01. The summed E-state index contributed by atoms with van der Waals surface area (Å²) in [5.74, 6) is -1.87. The molecule has 1 unspecified atom stereocenters. The van der Waals surface area contributed by atoms with Gasteiger partial charge < -0.3 is 0 Å². The molecular formula is C14H11BrN2O4. The second kappa shape index (κ2) is 5.07. The Labute approximate surface area is 128 Å². The summed E-state index contributed by atoms with van der Waals surface area (Å²) < 4.78 is 0.788. The summed E-state index contributed by atoms with van der Waals surface area (Å²) in [6.07, 6.45) is 0.368. The Morgan fingerprint density at radius 1 is 1.19 bits per heavy atom. The van der Waals surface area contributed by atoms with E-state index in [4.69, 9.17) is 0 Å². The summed E-state index contributed by atoms with van der Waals surface area (Å²) in [7, 11) is 0. The second-order valence-corrected chi connectivity index (χ2v) is 5.93. The van der Waals surface area contributed by atoms with E-state index in [9.17, 15) is 19.2 Å². The third-order valence-electron chi connectivity index (χ3n) is 3.65. The monoisotopic (exact) mass is 350 g/mol. The first-order chi connectivity index (χ1) is 9.97. The summed E-state index contributed by atoms with van der Waals surface area (Å²) in [6.45, 7) is 0. The van der Waals surface area contributed by atoms with Gasteiger partial charge >= 0.3 is 0 Å². The van der Waals surface area contributed by atoms with E-state index in [1.807, 2.05) is 0 Å². The minimum Gasteiger partial charge on any atom is -0.295 e. The van der Waals surface area contributed by atoms with Crippen molar-refractivity contribution >= 4 is 39.6 Å². The van der Waals surface area contributed by atoms with Gasteiger partial charge in [-0.2, -0.15) is 0 Å². The van der Waals surface area contributed by atoms with Crippen LogP contribution in [-0.4, -0.2) is 34.6 Å². The van der Waals surface area contributed by atoms with Crippen molar-refractivity contribution in [3.8, 4) is 0 Å². The van der Waals surface area contributed by atoms with E-state index < -0.39 is 23.8 Å². The SMILES string of the molecule is O=C1CCC(N2C(=O)Cc3cc(Br)ccc3C2=O)C(=O)N1. The van der Waals surface area contributed by atoms with E-state index in [2.05, 4.69) is 21.2 Å². The normalized spacial score (nSPS) is 22.1. The molecule has 0 bridgehead atoms. The average molecular weight is 351 g/mol. The van der Waals surface area contributed by atoms with Crippen molar-refractivity contribution in [2.75, 3.05) is 0 Å². The Morgan fingerprint density at radius 2 is 1.95 bits per heavy atom. The Morgan fingerprint density at radius 3 is 2.67 bits per heavy atom. The topological polar surface area (TPSA) is 83.6 Å². The zero-order valence-electron chi connectivity index (χ0n) is 10.9. The predicted octanol–water partition coefficient (Wildman–Crippen LogP) is 0.779. The number of nitrogens with zero attached hydrogens (tertiary/aromatic N) is 1. The lowest BCUT2D eigenvalue weighted by Crippen LogP contribution is -2.57. The smallest absolute Gasteiger partial charge is 0.261 e. The molecule has 1 aromatic carbocycles. The van der Waals surface area contributed by atoms with Crippen LogP contribution >= 0.6 is 15.9 Å². The van der Waals surface area contributed by atoms with E-state index in [1.54, 1.807) is 18.2 Å². The van der Waals surface area contributed by atoms with Crippen LogP contribution in [0.15, 0.2) is 22.7 Å². The molecule has 0 aliphatic carbocycles. The molecule has 3 rings (SSSR count). The Bertz CT molecular complexity index is 686. The van der Waals surface area contributed by atoms with Crippen LogP contribution in [0.2, 0.25) is 0 Å². The molecule has 108 valence electrons. The fourth-order valence-corrected chi connectivity index (χ4v) is 3.06. The number of carbonyl (C=O) groups is 4. The molecule has 1 saturated heterocycles. The van der Waals surface area contributed by atoms with E-state index >= 15 is 0 Å². The lowest BCUT2D eigenvalue weighted by molar-refractivity contribution is -0.143. The van der Waals surface area contributed by atoms with Gasteiger partial charge in [0.15, 0.2) is 0 Å². The molecule has 0 radical (unpaired) electrons. The molecular weight excluding hydrogens is 340 g/mol. The van der Waals surface area contributed by atoms with Crippen molar-refractivity contribution in [1.82, 2.24) is 10.2 Å². The van der Waals surface area contributed by atoms with Crippen molar-refractivity contribution < 1.29 is 19.2 Å². The molecule has 2 aliphatic rings. The zero-order chi connectivity index (χ0) is 15.1. The quantitative estimate of drug-likeness (QED) is 0.758. The largest absolute Gasteiger partial charge is 0.295 e. The summed E-state index contributed by atoms with van der Waals surface area (Å²) in [6, 6.07) is 4.18. The molecule has 1 atom stereocenters. The summed E-state index contributed by atoms with van der Waals surface area (Å²) in [4.78, 5) is 48.8. The van der Waals surface area contributed by atoms with Gasteiger partial charge in [0.05, 0.1) is 6.42 Å². The van der Waals surface area contributed by atoms with E-state index in [0.29, 0.717) is 11.1 Å². The highest BCUT2D eigenvalue weighted by Gasteiger charge is 2.41. The lowest BCUT2D eigenvalue weighted by Gasteiger charge is -2.34. The van der Waals surface area contributed by atoms with E-state index in [-0.39, 0.29) is 25.2 Å². The number of piperidine rings is 1. The number of carbonyl (C=O) groups excluding carboxylic acids is 4. The van der Waals surface area contributed by atoms with Gasteiger partial charge in [-0.05, 0) is 30.2 Å². The Kier molecular flexibility index (Phi) is 3.36. The fraction of sp³-hybridized carbons (Fsp3) is 0.286. The predicted molar refractivity (Wildman–Crippen MR) is 75.2 cm³/mol. The molecule has 0 saturated carbocycles. The number of halogens is 1. The van der Waals surface area contributed by atoms with E-state index in [0.717, 1.165) is 9.37 Å². The van der Waals surface area contributed by atoms with Gasteiger partial charge in [0.25, 0.3) is 5.91 Å². The van der Waals surface area contributed by atoms with Crippen LogP contribution < -0.4 is 5.32 Å². The average Bonchev–Trinajstić information content (AvgIpc) is 2.40. The first kappa shape index (κ1) is 13.9. The maximum absolute atomic E-state index is 12.5. The minimum absolute atomic E-state index is 0.0677. The number of hydrogen-bond donors (Lipinski definition) is 1. The van der Waals surface area contributed by atoms with Crippen LogP contribution in [0, 0.1) is 0 Å². The Hall–Kier alpha value is -2.02. The lowest BCUT2D eigenvalue weighted by atomic mass is 9.95. The van der Waals surface area contributed by atoms with Gasteiger partial charge in [0, 0.05) is 16.5 Å². The molecule has 1 N–H and O–H groups in total. The van der Waals surface area contributed by atoms with Crippen molar-refractivity contribution in [3.05, 3.63) is 33.8 Å². The van der Waals surface area contributed by atoms with Crippen molar-refractivity contribution in [2.24, 2.45) is 0 Å². The molecule has 6 nitrogen and oxygen atoms in total. The molecule has 2 aliphatic heterocycles. The summed E-state index contributed by atoms with van der Waals surface area (Å²) in [5, 5.41) is 2.17. The molecule has 0 aromatic heterocycles. The van der Waals surface area contributed by atoms with Gasteiger partial charge in [-0.15, -0.1) is 0 Å². The molecule has 1 aromatic rings. The van der Waals surface area contributed by atoms with Gasteiger partial charge in [-0.3, -0.25) is 29.4 Å². The summed E-state index contributed by atoms with van der Waals surface area (Å²) in [5.41, 5.74) is 1.06. The van der Waals surface area contributed by atoms with Gasteiger partial charge in [-0.25, -0.2) is 0 Å². The van der Waals surface area contributed by atoms with Crippen LogP contribution in [0.1, 0.15) is 28.8 Å². The third kappa shape index (κ3) is 2.37. The Balaban J connectivity index is 1.96. The number of amides is 4. The number of nitrogens with one attached hydrogen (secondary N) is 1. The van der Waals surface area contributed by atoms with Gasteiger partial charge in [-0.1, -0.05) is 15.9 Å². The van der Waals surface area contributed by atoms with Crippen molar-refractivity contribution in [2.45, 2.75) is 25.3 Å². The molecule has 1 fully saturated rings. The molecule has 4 amide bonds. The number of benzene rings is 1. The minimum atomic E-state index is -0.903. The highest BCUT2D eigenvalue weighted by atomic mass is 79.9. The van der Waals surface area contributed by atoms with Crippen LogP contribution in [0.4, 0.5) is 0 Å². The highest BCUT2D eigenvalue weighted by molar-refractivity contribution is 9.10. The first-order valence-electron chi connectivity index (χ1n) is 6.46. The molecule has 2 heterocycles. The highest BCUT2D eigenvalue weighted by Crippen LogP contribution is 2.26. The fourth-order valence-electron chi connectivity index (χ4n) is 2.65. The number of rotatable bonds is 1. The number of fused-ring (bicyclic) bond motifs is 1. The van der Waals surface area contributed by atoms with Crippen LogP contribution in [-0.2, 0) is 20.8 Å². The maximum Gasteiger partial charge on any atom is 0.261 e. The van der Waals surface area contributed by atoms with Crippen LogP contribution in [0.25, 0.3) is 0 Å². The third-order valence-corrected chi connectivity index (χ3v) is 4.14. The molecule has 7 heteroatoms.